The van der Waals surface area contributed by atoms with Crippen molar-refractivity contribution >= 4 is 35.1 Å². The summed E-state index contributed by atoms with van der Waals surface area (Å²) in [5.41, 5.74) is 0.791. The first-order valence-corrected chi connectivity index (χ1v) is 8.80. The number of benzene rings is 1. The van der Waals surface area contributed by atoms with Crippen LogP contribution in [0, 0.1) is 5.92 Å². The Morgan fingerprint density at radius 3 is 2.77 bits per heavy atom. The molecule has 8 heteroatoms. The van der Waals surface area contributed by atoms with Crippen molar-refractivity contribution < 1.29 is 9.59 Å². The second-order valence-electron chi connectivity index (χ2n) is 6.09. The van der Waals surface area contributed by atoms with Crippen LogP contribution in [0.1, 0.15) is 23.2 Å². The van der Waals surface area contributed by atoms with Gasteiger partial charge in [0.1, 0.15) is 0 Å². The van der Waals surface area contributed by atoms with Gasteiger partial charge in [0, 0.05) is 37.6 Å². The molecule has 2 heterocycles. The molecule has 0 bridgehead atoms. The second kappa shape index (κ2) is 8.14. The largest absolute Gasteiger partial charge is 0.355 e. The fourth-order valence-corrected chi connectivity index (χ4v) is 3.18. The Morgan fingerprint density at radius 2 is 2.04 bits per heavy atom. The Kier molecular flexibility index (Phi) is 5.68. The molecule has 1 aliphatic rings. The Hall–Kier alpha value is -2.67. The first-order chi connectivity index (χ1) is 12.6. The van der Waals surface area contributed by atoms with Crippen LogP contribution in [0.3, 0.4) is 0 Å². The van der Waals surface area contributed by atoms with Gasteiger partial charge in [-0.3, -0.25) is 9.59 Å². The first kappa shape index (κ1) is 18.1. The van der Waals surface area contributed by atoms with Crippen LogP contribution in [-0.4, -0.2) is 41.9 Å². The molecule has 1 atom stereocenters. The maximum atomic E-state index is 12.7. The molecule has 2 amide bonds. The van der Waals surface area contributed by atoms with Gasteiger partial charge in [-0.15, -0.1) is 0 Å². The molecule has 2 aromatic rings. The van der Waals surface area contributed by atoms with Crippen LogP contribution in [0.2, 0.25) is 5.02 Å². The van der Waals surface area contributed by atoms with Gasteiger partial charge >= 0.3 is 0 Å². The lowest BCUT2D eigenvalue weighted by atomic mass is 9.97. The van der Waals surface area contributed by atoms with E-state index >= 15 is 0 Å². The van der Waals surface area contributed by atoms with Crippen LogP contribution in [0.4, 0.5) is 11.6 Å². The van der Waals surface area contributed by atoms with Gasteiger partial charge in [0.2, 0.25) is 11.9 Å². The Morgan fingerprint density at radius 1 is 1.27 bits per heavy atom. The molecule has 0 saturated carbocycles. The SMILES string of the molecule is CNC(=O)c1cc(Cl)ccc1NC(=O)[C@@H]1CCCN(c2ncccn2)C1. The predicted molar refractivity (Wildman–Crippen MR) is 100 cm³/mol. The third-order valence-corrected chi connectivity index (χ3v) is 4.57. The normalized spacial score (nSPS) is 16.8. The molecule has 26 heavy (non-hydrogen) atoms. The minimum Gasteiger partial charge on any atom is -0.355 e. The van der Waals surface area contributed by atoms with E-state index in [0.29, 0.717) is 28.8 Å². The highest BCUT2D eigenvalue weighted by molar-refractivity contribution is 6.31. The van der Waals surface area contributed by atoms with Crippen molar-refractivity contribution in [2.24, 2.45) is 5.92 Å². The first-order valence-electron chi connectivity index (χ1n) is 8.43. The van der Waals surface area contributed by atoms with Gasteiger partial charge in [-0.05, 0) is 37.1 Å². The van der Waals surface area contributed by atoms with Crippen molar-refractivity contribution in [1.29, 1.82) is 0 Å². The molecule has 0 spiro atoms. The van der Waals surface area contributed by atoms with Crippen LogP contribution in [0.15, 0.2) is 36.7 Å². The van der Waals surface area contributed by atoms with Crippen molar-refractivity contribution in [3.05, 3.63) is 47.2 Å². The molecule has 2 N–H and O–H groups in total. The van der Waals surface area contributed by atoms with Crippen LogP contribution in [-0.2, 0) is 4.79 Å². The summed E-state index contributed by atoms with van der Waals surface area (Å²) in [6.45, 7) is 1.36. The molecule has 3 rings (SSSR count). The molecule has 0 radical (unpaired) electrons. The zero-order valence-electron chi connectivity index (χ0n) is 14.4. The molecule has 136 valence electrons. The van der Waals surface area contributed by atoms with Gasteiger partial charge in [0.25, 0.3) is 5.91 Å². The van der Waals surface area contributed by atoms with E-state index in [9.17, 15) is 9.59 Å². The molecular formula is C18H20ClN5O2. The molecule has 1 saturated heterocycles. The summed E-state index contributed by atoms with van der Waals surface area (Å²) in [6.07, 6.45) is 5.03. The summed E-state index contributed by atoms with van der Waals surface area (Å²) < 4.78 is 0. The summed E-state index contributed by atoms with van der Waals surface area (Å²) in [5, 5.41) is 5.86. The molecule has 1 aromatic heterocycles. The average molecular weight is 374 g/mol. The number of nitrogens with one attached hydrogen (secondary N) is 2. The Labute approximate surface area is 156 Å². The van der Waals surface area contributed by atoms with Crippen LogP contribution in [0.5, 0.6) is 0 Å². The van der Waals surface area contributed by atoms with Gasteiger partial charge < -0.3 is 15.5 Å². The zero-order chi connectivity index (χ0) is 18.5. The Bertz CT molecular complexity index is 799. The number of nitrogens with zero attached hydrogens (tertiary/aromatic N) is 3. The minimum atomic E-state index is -0.300. The number of hydrogen-bond donors (Lipinski definition) is 2. The van der Waals surface area contributed by atoms with Crippen molar-refractivity contribution in [1.82, 2.24) is 15.3 Å². The van der Waals surface area contributed by atoms with E-state index in [-0.39, 0.29) is 17.7 Å². The summed E-state index contributed by atoms with van der Waals surface area (Å²) in [7, 11) is 1.54. The lowest BCUT2D eigenvalue weighted by Gasteiger charge is -2.32. The zero-order valence-corrected chi connectivity index (χ0v) is 15.2. The van der Waals surface area contributed by atoms with Gasteiger partial charge in [-0.25, -0.2) is 9.97 Å². The highest BCUT2D eigenvalue weighted by atomic mass is 35.5. The topological polar surface area (TPSA) is 87.2 Å². The maximum absolute atomic E-state index is 12.7. The van der Waals surface area contributed by atoms with Crippen molar-refractivity contribution in [2.75, 3.05) is 30.4 Å². The summed E-state index contributed by atoms with van der Waals surface area (Å²) >= 11 is 5.98. The average Bonchev–Trinajstić information content (AvgIpc) is 2.69. The number of carbonyl (C=O) groups is 2. The lowest BCUT2D eigenvalue weighted by Crippen LogP contribution is -2.41. The van der Waals surface area contributed by atoms with E-state index < -0.39 is 0 Å². The van der Waals surface area contributed by atoms with Crippen molar-refractivity contribution in [3.63, 3.8) is 0 Å². The van der Waals surface area contributed by atoms with E-state index in [0.717, 1.165) is 19.4 Å². The number of carbonyl (C=O) groups excluding carboxylic acids is 2. The summed E-state index contributed by atoms with van der Waals surface area (Å²) in [6, 6.07) is 6.60. The quantitative estimate of drug-likeness (QED) is 0.859. The van der Waals surface area contributed by atoms with Gasteiger partial charge in [0.15, 0.2) is 0 Å². The molecular weight excluding hydrogens is 354 g/mol. The van der Waals surface area contributed by atoms with Crippen LogP contribution >= 0.6 is 11.6 Å². The molecule has 1 fully saturated rings. The van der Waals surface area contributed by atoms with Gasteiger partial charge in [-0.2, -0.15) is 0 Å². The lowest BCUT2D eigenvalue weighted by molar-refractivity contribution is -0.120. The smallest absolute Gasteiger partial charge is 0.253 e. The predicted octanol–water partition coefficient (Wildman–Crippen LogP) is 2.34. The monoisotopic (exact) mass is 373 g/mol. The number of rotatable bonds is 4. The van der Waals surface area contributed by atoms with Crippen LogP contribution < -0.4 is 15.5 Å². The number of amides is 2. The van der Waals surface area contributed by atoms with Gasteiger partial charge in [-0.1, -0.05) is 11.6 Å². The minimum absolute atomic E-state index is 0.127. The molecule has 7 nitrogen and oxygen atoms in total. The standard InChI is InChI=1S/C18H20ClN5O2/c1-20-17(26)14-10-13(19)5-6-15(14)23-16(25)12-4-2-9-24(11-12)18-21-7-3-8-22-18/h3,5-8,10,12H,2,4,9,11H2,1H3,(H,20,26)(H,23,25)/t12-/m1/s1. The van der Waals surface area contributed by atoms with Crippen LogP contribution in [0.25, 0.3) is 0 Å². The number of halogens is 1. The van der Waals surface area contributed by atoms with Crippen molar-refractivity contribution in [3.8, 4) is 0 Å². The third kappa shape index (κ3) is 4.11. The van der Waals surface area contributed by atoms with E-state index in [1.807, 2.05) is 4.90 Å². The Balaban J connectivity index is 1.73. The fourth-order valence-electron chi connectivity index (χ4n) is 3.01. The summed E-state index contributed by atoms with van der Waals surface area (Å²) in [4.78, 5) is 35.3. The second-order valence-corrected chi connectivity index (χ2v) is 6.53. The van der Waals surface area contributed by atoms with E-state index in [2.05, 4.69) is 20.6 Å². The van der Waals surface area contributed by atoms with E-state index in [4.69, 9.17) is 11.6 Å². The highest BCUT2D eigenvalue weighted by Crippen LogP contribution is 2.24. The number of anilines is 2. The maximum Gasteiger partial charge on any atom is 0.253 e. The van der Waals surface area contributed by atoms with E-state index in [1.54, 1.807) is 36.7 Å². The highest BCUT2D eigenvalue weighted by Gasteiger charge is 2.27. The molecule has 1 aliphatic heterocycles. The third-order valence-electron chi connectivity index (χ3n) is 4.34. The number of hydrogen-bond acceptors (Lipinski definition) is 5. The molecule has 0 unspecified atom stereocenters. The number of aromatic nitrogens is 2. The van der Waals surface area contributed by atoms with Gasteiger partial charge in [0.05, 0.1) is 17.2 Å². The van der Waals surface area contributed by atoms with E-state index in [1.165, 1.54) is 7.05 Å². The van der Waals surface area contributed by atoms with Crippen molar-refractivity contribution in [2.45, 2.75) is 12.8 Å². The molecule has 1 aromatic carbocycles. The number of piperidine rings is 1. The molecule has 0 aliphatic carbocycles. The fraction of sp³-hybridized carbons (Fsp3) is 0.333. The summed E-state index contributed by atoms with van der Waals surface area (Å²) in [5.74, 6) is -0.00724.